The predicted octanol–water partition coefficient (Wildman–Crippen LogP) is 3.36. The molecule has 2 rings (SSSR count). The number of methoxy groups -OCH3 is 2. The molecule has 7 heteroatoms. The second-order valence-electron chi connectivity index (χ2n) is 6.22. The molecule has 2 aromatic rings. The van der Waals surface area contributed by atoms with E-state index in [-0.39, 0.29) is 13.0 Å². The fourth-order valence-electron chi connectivity index (χ4n) is 2.70. The van der Waals surface area contributed by atoms with Crippen LogP contribution >= 0.6 is 0 Å². The lowest BCUT2D eigenvalue weighted by Gasteiger charge is -2.19. The number of hydrogen-bond acceptors (Lipinski definition) is 5. The molecule has 154 valence electrons. The molecule has 0 aliphatic carbocycles. The molecule has 1 amide bonds. The highest BCUT2D eigenvalue weighted by Gasteiger charge is 2.20. The Bertz CT molecular complexity index is 851. The summed E-state index contributed by atoms with van der Waals surface area (Å²) < 4.78 is 28.7. The number of ether oxygens (including phenoxy) is 3. The van der Waals surface area contributed by atoms with Crippen LogP contribution in [0, 0.1) is 5.82 Å². The van der Waals surface area contributed by atoms with E-state index in [0.717, 1.165) is 5.56 Å². The summed E-state index contributed by atoms with van der Waals surface area (Å²) in [7, 11) is 2.78. The SMILES string of the molecule is C=CCc1ccc(OCC(=O)NC(CC(=O)OC)c2ccc(F)cc2)c(OC)c1. The zero-order valence-corrected chi connectivity index (χ0v) is 16.4. The van der Waals surface area contributed by atoms with E-state index >= 15 is 0 Å². The van der Waals surface area contributed by atoms with Gasteiger partial charge in [0.1, 0.15) is 5.82 Å². The standard InChI is InChI=1S/C22H24FNO5/c1-4-5-15-6-11-19(20(12-15)27-2)29-14-21(25)24-18(13-22(26)28-3)16-7-9-17(23)10-8-16/h4,6-12,18H,1,5,13-14H2,2-3H3,(H,24,25). The van der Waals surface area contributed by atoms with Crippen molar-refractivity contribution in [3.05, 3.63) is 72.1 Å². The van der Waals surface area contributed by atoms with E-state index < -0.39 is 23.7 Å². The lowest BCUT2D eigenvalue weighted by molar-refractivity contribution is -0.141. The van der Waals surface area contributed by atoms with Crippen molar-refractivity contribution in [2.75, 3.05) is 20.8 Å². The van der Waals surface area contributed by atoms with E-state index in [2.05, 4.69) is 16.6 Å². The highest BCUT2D eigenvalue weighted by atomic mass is 19.1. The monoisotopic (exact) mass is 401 g/mol. The van der Waals surface area contributed by atoms with Gasteiger partial charge in [0.25, 0.3) is 5.91 Å². The van der Waals surface area contributed by atoms with Crippen molar-refractivity contribution in [1.29, 1.82) is 0 Å². The maximum absolute atomic E-state index is 13.2. The van der Waals surface area contributed by atoms with Gasteiger partial charge in [-0.1, -0.05) is 24.3 Å². The summed E-state index contributed by atoms with van der Waals surface area (Å²) >= 11 is 0. The topological polar surface area (TPSA) is 73.9 Å². The van der Waals surface area contributed by atoms with Crippen LogP contribution in [-0.4, -0.2) is 32.7 Å². The number of allylic oxidation sites excluding steroid dienone is 1. The number of halogens is 1. The first-order valence-corrected chi connectivity index (χ1v) is 8.99. The van der Waals surface area contributed by atoms with Crippen molar-refractivity contribution in [3.63, 3.8) is 0 Å². The van der Waals surface area contributed by atoms with Crippen LogP contribution in [0.3, 0.4) is 0 Å². The number of carbonyl (C=O) groups excluding carboxylic acids is 2. The van der Waals surface area contributed by atoms with Crippen LogP contribution in [-0.2, 0) is 20.7 Å². The molecule has 0 fully saturated rings. The maximum atomic E-state index is 13.2. The summed E-state index contributed by atoms with van der Waals surface area (Å²) in [6.45, 7) is 3.42. The number of hydrogen-bond donors (Lipinski definition) is 1. The number of carbonyl (C=O) groups is 2. The van der Waals surface area contributed by atoms with E-state index in [4.69, 9.17) is 9.47 Å². The molecular formula is C22H24FNO5. The van der Waals surface area contributed by atoms with Gasteiger partial charge in [0.15, 0.2) is 18.1 Å². The van der Waals surface area contributed by atoms with Crippen LogP contribution in [0.25, 0.3) is 0 Å². The smallest absolute Gasteiger partial charge is 0.307 e. The number of rotatable bonds is 10. The molecule has 0 saturated carbocycles. The van der Waals surface area contributed by atoms with E-state index in [1.807, 2.05) is 12.1 Å². The Morgan fingerprint density at radius 1 is 1.14 bits per heavy atom. The highest BCUT2D eigenvalue weighted by Crippen LogP contribution is 2.28. The second-order valence-corrected chi connectivity index (χ2v) is 6.22. The van der Waals surface area contributed by atoms with E-state index in [9.17, 15) is 14.0 Å². The molecule has 0 bridgehead atoms. The third kappa shape index (κ3) is 6.64. The molecular weight excluding hydrogens is 377 g/mol. The Kier molecular flexibility index (Phi) is 8.21. The van der Waals surface area contributed by atoms with Gasteiger partial charge in [-0.2, -0.15) is 0 Å². The minimum atomic E-state index is -0.670. The average Bonchev–Trinajstić information content (AvgIpc) is 2.72. The molecule has 0 heterocycles. The molecule has 0 radical (unpaired) electrons. The van der Waals surface area contributed by atoms with Gasteiger partial charge in [-0.05, 0) is 41.8 Å². The molecule has 0 spiro atoms. The van der Waals surface area contributed by atoms with Crippen LogP contribution in [0.4, 0.5) is 4.39 Å². The number of nitrogens with one attached hydrogen (secondary N) is 1. The highest BCUT2D eigenvalue weighted by molar-refractivity contribution is 5.79. The fourth-order valence-corrected chi connectivity index (χ4v) is 2.70. The molecule has 2 aromatic carbocycles. The van der Waals surface area contributed by atoms with E-state index in [0.29, 0.717) is 23.5 Å². The quantitative estimate of drug-likeness (QED) is 0.488. The third-order valence-electron chi connectivity index (χ3n) is 4.17. The minimum absolute atomic E-state index is 0.0898. The van der Waals surface area contributed by atoms with Crippen LogP contribution in [0.15, 0.2) is 55.1 Å². The van der Waals surface area contributed by atoms with Gasteiger partial charge in [0.05, 0.1) is 26.7 Å². The largest absolute Gasteiger partial charge is 0.493 e. The first-order chi connectivity index (χ1) is 14.0. The number of amides is 1. The molecule has 0 aliphatic rings. The minimum Gasteiger partial charge on any atom is -0.493 e. The number of esters is 1. The Morgan fingerprint density at radius 3 is 2.48 bits per heavy atom. The molecule has 0 aromatic heterocycles. The Morgan fingerprint density at radius 2 is 1.86 bits per heavy atom. The van der Waals surface area contributed by atoms with Crippen LogP contribution < -0.4 is 14.8 Å². The zero-order chi connectivity index (χ0) is 21.2. The van der Waals surface area contributed by atoms with E-state index in [1.165, 1.54) is 38.5 Å². The van der Waals surface area contributed by atoms with Gasteiger partial charge in [-0.3, -0.25) is 9.59 Å². The lowest BCUT2D eigenvalue weighted by Crippen LogP contribution is -2.34. The van der Waals surface area contributed by atoms with Gasteiger partial charge >= 0.3 is 5.97 Å². The van der Waals surface area contributed by atoms with Crippen LogP contribution in [0.1, 0.15) is 23.6 Å². The Labute approximate surface area is 169 Å². The zero-order valence-electron chi connectivity index (χ0n) is 16.4. The van der Waals surface area contributed by atoms with Crippen molar-refractivity contribution in [2.24, 2.45) is 0 Å². The maximum Gasteiger partial charge on any atom is 0.307 e. The first-order valence-electron chi connectivity index (χ1n) is 8.99. The number of benzene rings is 2. The second kappa shape index (κ2) is 10.8. The van der Waals surface area contributed by atoms with Crippen molar-refractivity contribution in [2.45, 2.75) is 18.9 Å². The van der Waals surface area contributed by atoms with Crippen molar-refractivity contribution >= 4 is 11.9 Å². The van der Waals surface area contributed by atoms with Gasteiger partial charge in [0.2, 0.25) is 0 Å². The molecule has 0 aliphatic heterocycles. The summed E-state index contributed by atoms with van der Waals surface area (Å²) in [5.41, 5.74) is 1.58. The molecule has 0 saturated heterocycles. The van der Waals surface area contributed by atoms with Gasteiger partial charge in [0, 0.05) is 0 Å². The first kappa shape index (κ1) is 21.9. The average molecular weight is 401 g/mol. The summed E-state index contributed by atoms with van der Waals surface area (Å²) in [6, 6.07) is 10.3. The summed E-state index contributed by atoms with van der Waals surface area (Å²) in [4.78, 5) is 24.1. The molecule has 6 nitrogen and oxygen atoms in total. The summed E-state index contributed by atoms with van der Waals surface area (Å²) in [5.74, 6) is -0.434. The fraction of sp³-hybridized carbons (Fsp3) is 0.273. The lowest BCUT2D eigenvalue weighted by atomic mass is 10.0. The van der Waals surface area contributed by atoms with Crippen molar-refractivity contribution < 1.29 is 28.2 Å². The Balaban J connectivity index is 2.05. The molecule has 1 atom stereocenters. The summed E-state index contributed by atoms with van der Waals surface area (Å²) in [5, 5.41) is 2.72. The summed E-state index contributed by atoms with van der Waals surface area (Å²) in [6.07, 6.45) is 2.37. The molecule has 29 heavy (non-hydrogen) atoms. The third-order valence-corrected chi connectivity index (χ3v) is 4.17. The van der Waals surface area contributed by atoms with Gasteiger partial charge in [-0.15, -0.1) is 6.58 Å². The van der Waals surface area contributed by atoms with Crippen LogP contribution in [0.2, 0.25) is 0 Å². The van der Waals surface area contributed by atoms with Crippen molar-refractivity contribution in [3.8, 4) is 11.5 Å². The van der Waals surface area contributed by atoms with Gasteiger partial charge < -0.3 is 19.5 Å². The molecule has 1 N–H and O–H groups in total. The van der Waals surface area contributed by atoms with E-state index in [1.54, 1.807) is 12.1 Å². The van der Waals surface area contributed by atoms with Gasteiger partial charge in [-0.25, -0.2) is 4.39 Å². The Hall–Kier alpha value is -3.35. The van der Waals surface area contributed by atoms with Crippen LogP contribution in [0.5, 0.6) is 11.5 Å². The van der Waals surface area contributed by atoms with Crippen molar-refractivity contribution in [1.82, 2.24) is 5.32 Å². The predicted molar refractivity (Wildman–Crippen MR) is 106 cm³/mol. The normalized spacial score (nSPS) is 11.3. The molecule has 1 unspecified atom stereocenters.